The number of aromatic hydroxyl groups is 1. The van der Waals surface area contributed by atoms with Gasteiger partial charge in [0.25, 0.3) is 0 Å². The predicted octanol–water partition coefficient (Wildman–Crippen LogP) is -1.67. The normalized spacial score (nSPS) is 17.1. The Morgan fingerprint density at radius 2 is 1.72 bits per heavy atom. The minimum Gasteiger partial charge on any atom is -0.508 e. The molecule has 1 aliphatic rings. The van der Waals surface area contributed by atoms with Crippen molar-refractivity contribution in [3.63, 3.8) is 0 Å². The number of benzene rings is 1. The van der Waals surface area contributed by atoms with Crippen molar-refractivity contribution < 1.29 is 39.3 Å². The Labute approximate surface area is 183 Å². The van der Waals surface area contributed by atoms with E-state index >= 15 is 0 Å². The SMILES string of the molecule is O=C(O)CC(NC(=O)CNC(=O)C(Cc1ccc(O)cc1)NC(=O)C1CCCN1)C(=O)O. The number of rotatable bonds is 11. The van der Waals surface area contributed by atoms with Crippen LogP contribution in [0.2, 0.25) is 0 Å². The van der Waals surface area contributed by atoms with Gasteiger partial charge in [0.1, 0.15) is 17.8 Å². The summed E-state index contributed by atoms with van der Waals surface area (Å²) in [6, 6.07) is 2.95. The molecule has 12 nitrogen and oxygen atoms in total. The van der Waals surface area contributed by atoms with E-state index in [1.807, 2.05) is 5.32 Å². The first-order valence-electron chi connectivity index (χ1n) is 9.99. The molecule has 1 heterocycles. The van der Waals surface area contributed by atoms with Gasteiger partial charge in [-0.15, -0.1) is 0 Å². The van der Waals surface area contributed by atoms with Crippen LogP contribution in [0.4, 0.5) is 0 Å². The van der Waals surface area contributed by atoms with E-state index in [-0.39, 0.29) is 18.1 Å². The first-order valence-corrected chi connectivity index (χ1v) is 9.99. The second kappa shape index (κ2) is 11.6. The van der Waals surface area contributed by atoms with E-state index < -0.39 is 54.8 Å². The van der Waals surface area contributed by atoms with Gasteiger partial charge in [-0.1, -0.05) is 12.1 Å². The predicted molar refractivity (Wildman–Crippen MR) is 110 cm³/mol. The highest BCUT2D eigenvalue weighted by Crippen LogP contribution is 2.12. The summed E-state index contributed by atoms with van der Waals surface area (Å²) in [5.41, 5.74) is 0.652. The van der Waals surface area contributed by atoms with Gasteiger partial charge in [-0.25, -0.2) is 4.79 Å². The van der Waals surface area contributed by atoms with Crippen molar-refractivity contribution in [1.29, 1.82) is 0 Å². The molecule has 1 fully saturated rings. The first-order chi connectivity index (χ1) is 15.2. The highest BCUT2D eigenvalue weighted by molar-refractivity contribution is 5.93. The molecule has 1 aliphatic heterocycles. The van der Waals surface area contributed by atoms with Gasteiger partial charge in [0.15, 0.2) is 0 Å². The number of phenols is 1. The standard InChI is InChI=1S/C20H26N4O8/c25-12-5-3-11(4-6-12)8-14(24-19(30)13-2-1-7-21-13)18(29)22-10-16(26)23-15(20(31)32)9-17(27)28/h3-6,13-15,21,25H,1-2,7-10H2,(H,22,29)(H,23,26)(H,24,30)(H,27,28)(H,31,32). The Bertz CT molecular complexity index is 852. The lowest BCUT2D eigenvalue weighted by molar-refractivity contribution is -0.147. The lowest BCUT2D eigenvalue weighted by Gasteiger charge is -2.21. The summed E-state index contributed by atoms with van der Waals surface area (Å²) < 4.78 is 0. The zero-order valence-electron chi connectivity index (χ0n) is 17.2. The summed E-state index contributed by atoms with van der Waals surface area (Å²) in [4.78, 5) is 58.9. The Kier molecular flexibility index (Phi) is 8.95. The molecule has 32 heavy (non-hydrogen) atoms. The van der Waals surface area contributed by atoms with Crippen LogP contribution in [0.15, 0.2) is 24.3 Å². The Morgan fingerprint density at radius 1 is 1.03 bits per heavy atom. The zero-order chi connectivity index (χ0) is 23.7. The molecule has 7 N–H and O–H groups in total. The molecule has 12 heteroatoms. The average Bonchev–Trinajstić information content (AvgIpc) is 3.27. The van der Waals surface area contributed by atoms with Gasteiger partial charge in [-0.05, 0) is 37.1 Å². The fourth-order valence-corrected chi connectivity index (χ4v) is 3.17. The van der Waals surface area contributed by atoms with Crippen molar-refractivity contribution in [3.05, 3.63) is 29.8 Å². The number of hydrogen-bond acceptors (Lipinski definition) is 7. The van der Waals surface area contributed by atoms with Crippen molar-refractivity contribution in [3.8, 4) is 5.75 Å². The molecule has 0 bridgehead atoms. The van der Waals surface area contributed by atoms with Gasteiger partial charge < -0.3 is 36.6 Å². The molecule has 0 aromatic heterocycles. The number of carboxylic acid groups (broad SMARTS) is 2. The van der Waals surface area contributed by atoms with Crippen LogP contribution < -0.4 is 21.3 Å². The number of amides is 3. The smallest absolute Gasteiger partial charge is 0.326 e. The largest absolute Gasteiger partial charge is 0.508 e. The van der Waals surface area contributed by atoms with Crippen LogP contribution in [-0.4, -0.2) is 76.2 Å². The van der Waals surface area contributed by atoms with E-state index in [1.54, 1.807) is 12.1 Å². The minimum absolute atomic E-state index is 0.0416. The maximum atomic E-state index is 12.7. The molecule has 1 saturated heterocycles. The van der Waals surface area contributed by atoms with Gasteiger partial charge in [-0.2, -0.15) is 0 Å². The number of carboxylic acids is 2. The van der Waals surface area contributed by atoms with Crippen LogP contribution in [0.25, 0.3) is 0 Å². The highest BCUT2D eigenvalue weighted by atomic mass is 16.4. The number of nitrogens with one attached hydrogen (secondary N) is 4. The number of hydrogen-bond donors (Lipinski definition) is 7. The number of carbonyl (C=O) groups is 5. The molecule has 3 atom stereocenters. The monoisotopic (exact) mass is 450 g/mol. The molecule has 174 valence electrons. The number of carbonyl (C=O) groups excluding carboxylic acids is 3. The third-order valence-electron chi connectivity index (χ3n) is 4.82. The van der Waals surface area contributed by atoms with Gasteiger partial charge in [0.05, 0.1) is 19.0 Å². The molecule has 0 aliphatic carbocycles. The lowest BCUT2D eigenvalue weighted by Crippen LogP contribution is -2.54. The molecule has 3 unspecified atom stereocenters. The van der Waals surface area contributed by atoms with Crippen molar-refractivity contribution in [2.75, 3.05) is 13.1 Å². The summed E-state index contributed by atoms with van der Waals surface area (Å²) in [6.07, 6.45) is 0.724. The Hall–Kier alpha value is -3.67. The van der Waals surface area contributed by atoms with Crippen molar-refractivity contribution in [1.82, 2.24) is 21.3 Å². The molecule has 2 rings (SSSR count). The summed E-state index contributed by atoms with van der Waals surface area (Å²) in [5.74, 6) is -4.81. The van der Waals surface area contributed by atoms with E-state index in [1.165, 1.54) is 12.1 Å². The summed E-state index contributed by atoms with van der Waals surface area (Å²) >= 11 is 0. The third kappa shape index (κ3) is 7.87. The third-order valence-corrected chi connectivity index (χ3v) is 4.82. The molecular formula is C20H26N4O8. The van der Waals surface area contributed by atoms with Gasteiger partial charge >= 0.3 is 11.9 Å². The lowest BCUT2D eigenvalue weighted by atomic mass is 10.0. The quantitative estimate of drug-likeness (QED) is 0.206. The van der Waals surface area contributed by atoms with Gasteiger partial charge in [0.2, 0.25) is 17.7 Å². The van der Waals surface area contributed by atoms with E-state index in [0.717, 1.165) is 6.42 Å². The topological polar surface area (TPSA) is 194 Å². The molecule has 1 aromatic carbocycles. The summed E-state index contributed by atoms with van der Waals surface area (Å²) in [6.45, 7) is 0.0834. The first kappa shape index (κ1) is 24.6. The molecule has 1 aromatic rings. The van der Waals surface area contributed by atoms with E-state index in [2.05, 4.69) is 16.0 Å². The van der Waals surface area contributed by atoms with Gasteiger partial charge in [0, 0.05) is 6.42 Å². The van der Waals surface area contributed by atoms with Crippen LogP contribution in [0.3, 0.4) is 0 Å². The second-order valence-corrected chi connectivity index (χ2v) is 7.35. The Morgan fingerprint density at radius 3 is 2.28 bits per heavy atom. The number of phenolic OH excluding ortho intramolecular Hbond substituents is 1. The molecule has 0 saturated carbocycles. The highest BCUT2D eigenvalue weighted by Gasteiger charge is 2.28. The van der Waals surface area contributed by atoms with Crippen LogP contribution in [0.5, 0.6) is 5.75 Å². The van der Waals surface area contributed by atoms with E-state index in [9.17, 15) is 29.1 Å². The van der Waals surface area contributed by atoms with Crippen LogP contribution in [0.1, 0.15) is 24.8 Å². The maximum Gasteiger partial charge on any atom is 0.326 e. The molecule has 0 radical (unpaired) electrons. The van der Waals surface area contributed by atoms with Crippen molar-refractivity contribution >= 4 is 29.7 Å². The zero-order valence-corrected chi connectivity index (χ0v) is 17.2. The van der Waals surface area contributed by atoms with Crippen LogP contribution >= 0.6 is 0 Å². The number of aliphatic carboxylic acids is 2. The van der Waals surface area contributed by atoms with Crippen molar-refractivity contribution in [2.45, 2.75) is 43.8 Å². The maximum absolute atomic E-state index is 12.7. The average molecular weight is 450 g/mol. The van der Waals surface area contributed by atoms with Crippen molar-refractivity contribution in [2.24, 2.45) is 0 Å². The molecule has 3 amide bonds. The summed E-state index contributed by atoms with van der Waals surface area (Å²) in [7, 11) is 0. The fraction of sp³-hybridized carbons (Fsp3) is 0.450. The summed E-state index contributed by atoms with van der Waals surface area (Å²) in [5, 5.41) is 37.2. The fourth-order valence-electron chi connectivity index (χ4n) is 3.17. The minimum atomic E-state index is -1.64. The van der Waals surface area contributed by atoms with Crippen LogP contribution in [-0.2, 0) is 30.4 Å². The van der Waals surface area contributed by atoms with E-state index in [0.29, 0.717) is 18.5 Å². The molecular weight excluding hydrogens is 424 g/mol. The Balaban J connectivity index is 2.00. The van der Waals surface area contributed by atoms with E-state index in [4.69, 9.17) is 10.2 Å². The van der Waals surface area contributed by atoms with Gasteiger partial charge in [-0.3, -0.25) is 19.2 Å². The molecule has 0 spiro atoms. The van der Waals surface area contributed by atoms with Crippen LogP contribution in [0, 0.1) is 0 Å². The second-order valence-electron chi connectivity index (χ2n) is 7.35.